The zero-order valence-electron chi connectivity index (χ0n) is 6.33. The van der Waals surface area contributed by atoms with Crippen LogP contribution in [0.3, 0.4) is 0 Å². The molecule has 0 radical (unpaired) electrons. The lowest BCUT2D eigenvalue weighted by Gasteiger charge is -2.14. The fourth-order valence-electron chi connectivity index (χ4n) is 0.946. The Hall–Kier alpha value is -1.36. The molecule has 0 aromatic carbocycles. The summed E-state index contributed by atoms with van der Waals surface area (Å²) >= 11 is 0. The van der Waals surface area contributed by atoms with Crippen molar-refractivity contribution in [3.05, 3.63) is 0 Å². The molecule has 0 heterocycles. The molecule has 1 saturated carbocycles. The fraction of sp³-hybridized carbons (Fsp3) is 0.429. The molecule has 0 atom stereocenters. The molecule has 5 nitrogen and oxygen atoms in total. The van der Waals surface area contributed by atoms with Gasteiger partial charge in [-0.2, -0.15) is 0 Å². The largest absolute Gasteiger partial charge is 0.365 e. The number of ether oxygens (including phenoxy) is 1. The van der Waals surface area contributed by atoms with Gasteiger partial charge in [-0.1, -0.05) is 0 Å². The Labute approximate surface area is 67.7 Å². The van der Waals surface area contributed by atoms with E-state index in [9.17, 15) is 19.2 Å². The van der Waals surface area contributed by atoms with Crippen molar-refractivity contribution in [2.75, 3.05) is 7.11 Å². The van der Waals surface area contributed by atoms with Crippen molar-refractivity contribution in [2.24, 2.45) is 0 Å². The van der Waals surface area contributed by atoms with Gasteiger partial charge in [0.2, 0.25) is 23.1 Å². The van der Waals surface area contributed by atoms with Gasteiger partial charge in [-0.3, -0.25) is 19.2 Å². The maximum atomic E-state index is 10.9. The number of hydrogen-bond acceptors (Lipinski definition) is 5. The standard InChI is InChI=1S/C7H6O5/c1-12-7-5(10)3(8)2-4(9)6(7)11/h7H,2H2,1H3. The van der Waals surface area contributed by atoms with Crippen LogP contribution < -0.4 is 0 Å². The average molecular weight is 170 g/mol. The molecule has 0 bridgehead atoms. The third-order valence-corrected chi connectivity index (χ3v) is 1.58. The Bertz CT molecular complexity index is 252. The lowest BCUT2D eigenvalue weighted by molar-refractivity contribution is -0.156. The quantitative estimate of drug-likeness (QED) is 0.360. The van der Waals surface area contributed by atoms with E-state index >= 15 is 0 Å². The normalized spacial score (nSPS) is 20.4. The van der Waals surface area contributed by atoms with Crippen molar-refractivity contribution in [3.8, 4) is 0 Å². The van der Waals surface area contributed by atoms with E-state index in [1.807, 2.05) is 0 Å². The van der Waals surface area contributed by atoms with Crippen LogP contribution in [-0.2, 0) is 23.9 Å². The van der Waals surface area contributed by atoms with E-state index in [-0.39, 0.29) is 0 Å². The zero-order valence-corrected chi connectivity index (χ0v) is 6.33. The highest BCUT2D eigenvalue weighted by molar-refractivity contribution is 6.60. The second-order valence-corrected chi connectivity index (χ2v) is 2.37. The Morgan fingerprint density at radius 3 is 1.83 bits per heavy atom. The first-order valence-electron chi connectivity index (χ1n) is 3.24. The van der Waals surface area contributed by atoms with Crippen LogP contribution in [0.25, 0.3) is 0 Å². The third-order valence-electron chi connectivity index (χ3n) is 1.58. The van der Waals surface area contributed by atoms with Crippen molar-refractivity contribution in [2.45, 2.75) is 12.5 Å². The predicted octanol–water partition coefficient (Wildman–Crippen LogP) is -1.32. The minimum absolute atomic E-state index is 0.614. The number of carbonyl (C=O) groups is 4. The van der Waals surface area contributed by atoms with E-state index in [0.717, 1.165) is 7.11 Å². The minimum atomic E-state index is -1.50. The average Bonchev–Trinajstić information content (AvgIpc) is 2.02. The van der Waals surface area contributed by atoms with E-state index in [2.05, 4.69) is 4.74 Å². The van der Waals surface area contributed by atoms with E-state index < -0.39 is 35.7 Å². The Kier molecular flexibility index (Phi) is 2.14. The first-order chi connectivity index (χ1) is 5.57. The molecule has 1 aliphatic rings. The van der Waals surface area contributed by atoms with E-state index in [4.69, 9.17) is 0 Å². The number of ketones is 4. The predicted molar refractivity (Wildman–Crippen MR) is 35.4 cm³/mol. The van der Waals surface area contributed by atoms with Gasteiger partial charge < -0.3 is 4.74 Å². The van der Waals surface area contributed by atoms with Crippen LogP contribution in [0, 0.1) is 0 Å². The number of hydrogen-bond donors (Lipinski definition) is 0. The Morgan fingerprint density at radius 2 is 1.50 bits per heavy atom. The molecule has 0 aliphatic heterocycles. The fourth-order valence-corrected chi connectivity index (χ4v) is 0.946. The summed E-state index contributed by atoms with van der Waals surface area (Å²) in [5.41, 5.74) is 0. The van der Waals surface area contributed by atoms with Gasteiger partial charge in [-0.05, 0) is 0 Å². The summed E-state index contributed by atoms with van der Waals surface area (Å²) < 4.78 is 4.42. The van der Waals surface area contributed by atoms with E-state index in [1.165, 1.54) is 0 Å². The lowest BCUT2D eigenvalue weighted by Crippen LogP contribution is -2.47. The van der Waals surface area contributed by atoms with Crippen LogP contribution >= 0.6 is 0 Å². The highest BCUT2D eigenvalue weighted by atomic mass is 16.5. The molecule has 0 N–H and O–H groups in total. The van der Waals surface area contributed by atoms with Crippen LogP contribution in [0.1, 0.15) is 6.42 Å². The number of methoxy groups -OCH3 is 1. The van der Waals surface area contributed by atoms with E-state index in [1.54, 1.807) is 0 Å². The summed E-state index contributed by atoms with van der Waals surface area (Å²) in [6.45, 7) is 0. The van der Waals surface area contributed by atoms with Crippen LogP contribution in [0.2, 0.25) is 0 Å². The first-order valence-corrected chi connectivity index (χ1v) is 3.24. The molecule has 64 valence electrons. The maximum absolute atomic E-state index is 10.9. The molecule has 0 saturated heterocycles. The highest BCUT2D eigenvalue weighted by Crippen LogP contribution is 2.07. The van der Waals surface area contributed by atoms with Gasteiger partial charge in [0.05, 0.1) is 6.42 Å². The van der Waals surface area contributed by atoms with Crippen LogP contribution in [0.15, 0.2) is 0 Å². The molecule has 0 spiro atoms. The SMILES string of the molecule is COC1C(=O)C(=O)CC(=O)C1=O. The molecule has 0 aromatic rings. The molecule has 1 fully saturated rings. The summed E-state index contributed by atoms with van der Waals surface area (Å²) in [6, 6.07) is 0. The maximum Gasteiger partial charge on any atom is 0.235 e. The number of carbonyl (C=O) groups excluding carboxylic acids is 4. The highest BCUT2D eigenvalue weighted by Gasteiger charge is 2.41. The van der Waals surface area contributed by atoms with Crippen molar-refractivity contribution in [1.29, 1.82) is 0 Å². The summed E-state index contributed by atoms with van der Waals surface area (Å²) in [5.74, 6) is -3.57. The van der Waals surface area contributed by atoms with Crippen LogP contribution in [0.4, 0.5) is 0 Å². The smallest absolute Gasteiger partial charge is 0.235 e. The van der Waals surface area contributed by atoms with Gasteiger partial charge in [-0.15, -0.1) is 0 Å². The molecule has 5 heteroatoms. The monoisotopic (exact) mass is 170 g/mol. The second kappa shape index (κ2) is 2.94. The summed E-state index contributed by atoms with van der Waals surface area (Å²) in [4.78, 5) is 43.2. The first kappa shape index (κ1) is 8.73. The van der Waals surface area contributed by atoms with E-state index in [0.29, 0.717) is 0 Å². The lowest BCUT2D eigenvalue weighted by atomic mass is 9.93. The van der Waals surface area contributed by atoms with Crippen molar-refractivity contribution in [3.63, 3.8) is 0 Å². The number of rotatable bonds is 1. The third kappa shape index (κ3) is 1.18. The van der Waals surface area contributed by atoms with Crippen molar-refractivity contribution in [1.82, 2.24) is 0 Å². The van der Waals surface area contributed by atoms with Gasteiger partial charge in [0.1, 0.15) is 0 Å². The Morgan fingerprint density at radius 1 is 1.08 bits per heavy atom. The molecule has 1 aliphatic carbocycles. The van der Waals surface area contributed by atoms with Gasteiger partial charge in [0, 0.05) is 7.11 Å². The van der Waals surface area contributed by atoms with Gasteiger partial charge in [0.15, 0.2) is 6.10 Å². The van der Waals surface area contributed by atoms with Gasteiger partial charge in [0.25, 0.3) is 0 Å². The second-order valence-electron chi connectivity index (χ2n) is 2.37. The molecular weight excluding hydrogens is 164 g/mol. The van der Waals surface area contributed by atoms with Gasteiger partial charge in [-0.25, -0.2) is 0 Å². The Balaban J connectivity index is 2.96. The zero-order chi connectivity index (χ0) is 9.30. The van der Waals surface area contributed by atoms with Crippen LogP contribution in [0.5, 0.6) is 0 Å². The molecule has 0 unspecified atom stereocenters. The summed E-state index contributed by atoms with van der Waals surface area (Å²) in [6.07, 6.45) is -2.11. The van der Waals surface area contributed by atoms with Gasteiger partial charge >= 0.3 is 0 Å². The molecule has 12 heavy (non-hydrogen) atoms. The number of Topliss-reactive ketones (excluding diaryl/α,β-unsaturated/α-hetero) is 4. The molecule has 0 amide bonds. The molecule has 0 aromatic heterocycles. The summed E-state index contributed by atoms with van der Waals surface area (Å²) in [5, 5.41) is 0. The van der Waals surface area contributed by atoms with Crippen molar-refractivity contribution >= 4 is 23.1 Å². The summed E-state index contributed by atoms with van der Waals surface area (Å²) in [7, 11) is 1.10. The molecular formula is C7H6O5. The minimum Gasteiger partial charge on any atom is -0.365 e. The molecule has 1 rings (SSSR count). The topological polar surface area (TPSA) is 77.5 Å². The van der Waals surface area contributed by atoms with Crippen LogP contribution in [-0.4, -0.2) is 36.3 Å². The van der Waals surface area contributed by atoms with Crippen molar-refractivity contribution < 1.29 is 23.9 Å².